The zero-order chi connectivity index (χ0) is 15.0. The molecule has 0 bridgehead atoms. The Morgan fingerprint density at radius 3 is 2.71 bits per heavy atom. The Labute approximate surface area is 127 Å². The first kappa shape index (κ1) is 13.7. The molecular formula is C12H6Cl2FN5O. The summed E-state index contributed by atoms with van der Waals surface area (Å²) in [4.78, 5) is 17.3. The quantitative estimate of drug-likeness (QED) is 0.785. The Bertz CT molecular complexity index is 876. The van der Waals surface area contributed by atoms with E-state index in [1.165, 1.54) is 29.2 Å². The summed E-state index contributed by atoms with van der Waals surface area (Å²) in [7, 11) is 0. The van der Waals surface area contributed by atoms with Gasteiger partial charge < -0.3 is 4.98 Å². The van der Waals surface area contributed by atoms with Crippen LogP contribution < -0.4 is 5.69 Å². The summed E-state index contributed by atoms with van der Waals surface area (Å²) in [6, 6.07) is 4.38. The van der Waals surface area contributed by atoms with Gasteiger partial charge in [-0.15, -0.1) is 5.10 Å². The smallest absolute Gasteiger partial charge is 0.305 e. The molecule has 1 N–H and O–H groups in total. The topological polar surface area (TPSA) is 76.5 Å². The minimum atomic E-state index is -0.692. The Morgan fingerprint density at radius 1 is 1.24 bits per heavy atom. The normalized spacial score (nSPS) is 10.8. The highest BCUT2D eigenvalue weighted by molar-refractivity contribution is 6.31. The van der Waals surface area contributed by atoms with Crippen molar-refractivity contribution in [1.29, 1.82) is 0 Å². The molecule has 0 radical (unpaired) electrons. The first-order valence-electron chi connectivity index (χ1n) is 5.68. The number of hydrogen-bond acceptors (Lipinski definition) is 4. The van der Waals surface area contributed by atoms with E-state index in [1.54, 1.807) is 6.07 Å². The average molecular weight is 326 g/mol. The molecule has 3 rings (SSSR count). The van der Waals surface area contributed by atoms with Gasteiger partial charge in [0, 0.05) is 6.20 Å². The minimum absolute atomic E-state index is 0.0727. The molecule has 2 aromatic heterocycles. The number of halogens is 3. The highest BCUT2D eigenvalue weighted by Crippen LogP contribution is 2.31. The number of aromatic nitrogens is 5. The predicted octanol–water partition coefficient (Wildman–Crippen LogP) is 2.46. The van der Waals surface area contributed by atoms with Crippen LogP contribution in [0.1, 0.15) is 0 Å². The molecule has 9 heteroatoms. The second-order valence-electron chi connectivity index (χ2n) is 4.03. The van der Waals surface area contributed by atoms with Crippen LogP contribution in [0.3, 0.4) is 0 Å². The third-order valence-electron chi connectivity index (χ3n) is 2.73. The molecule has 0 spiro atoms. The van der Waals surface area contributed by atoms with Gasteiger partial charge in [-0.1, -0.05) is 28.4 Å². The summed E-state index contributed by atoms with van der Waals surface area (Å²) < 4.78 is 15.7. The lowest BCUT2D eigenvalue weighted by Gasteiger charge is -2.11. The summed E-state index contributed by atoms with van der Waals surface area (Å²) in [6.45, 7) is 0. The largest absolute Gasteiger partial charge is 0.345 e. The monoisotopic (exact) mass is 325 g/mol. The standard InChI is InChI=1S/C12H6Cl2FN5O/c13-6-1-2-8(20-5-9(14)18-19-20)10(11(6)15)7-3-4-16-12(21)17-7/h1-5H,(H,16,17,21). The van der Waals surface area contributed by atoms with Gasteiger partial charge >= 0.3 is 5.69 Å². The van der Waals surface area contributed by atoms with Crippen LogP contribution in [0.5, 0.6) is 0 Å². The summed E-state index contributed by atoms with van der Waals surface area (Å²) in [5.74, 6) is -0.692. The van der Waals surface area contributed by atoms with Crippen LogP contribution in [0.2, 0.25) is 10.2 Å². The Morgan fingerprint density at radius 2 is 2.05 bits per heavy atom. The third kappa shape index (κ3) is 2.53. The van der Waals surface area contributed by atoms with Gasteiger partial charge in [0.2, 0.25) is 0 Å². The molecule has 1 aromatic carbocycles. The zero-order valence-electron chi connectivity index (χ0n) is 10.2. The molecule has 0 saturated carbocycles. The van der Waals surface area contributed by atoms with Crippen molar-refractivity contribution in [3.05, 3.63) is 57.1 Å². The van der Waals surface area contributed by atoms with Crippen molar-refractivity contribution in [1.82, 2.24) is 25.0 Å². The van der Waals surface area contributed by atoms with Crippen LogP contribution in [0.15, 0.2) is 35.4 Å². The highest BCUT2D eigenvalue weighted by Gasteiger charge is 2.17. The van der Waals surface area contributed by atoms with Gasteiger partial charge in [-0.3, -0.25) is 0 Å². The fraction of sp³-hybridized carbons (Fsp3) is 0. The first-order chi connectivity index (χ1) is 10.1. The maximum atomic E-state index is 14.4. The van der Waals surface area contributed by atoms with Crippen molar-refractivity contribution in [3.8, 4) is 16.9 Å². The lowest BCUT2D eigenvalue weighted by Crippen LogP contribution is -2.11. The van der Waals surface area contributed by atoms with Crippen LogP contribution in [-0.2, 0) is 0 Å². The van der Waals surface area contributed by atoms with E-state index >= 15 is 0 Å². The van der Waals surface area contributed by atoms with E-state index in [-0.39, 0.29) is 21.4 Å². The lowest BCUT2D eigenvalue weighted by atomic mass is 10.1. The molecule has 0 atom stereocenters. The molecule has 6 nitrogen and oxygen atoms in total. The molecule has 0 aliphatic carbocycles. The van der Waals surface area contributed by atoms with Crippen molar-refractivity contribution in [2.24, 2.45) is 0 Å². The summed E-state index contributed by atoms with van der Waals surface area (Å²) in [6.07, 6.45) is 2.68. The minimum Gasteiger partial charge on any atom is -0.305 e. The van der Waals surface area contributed by atoms with E-state index in [4.69, 9.17) is 23.2 Å². The maximum Gasteiger partial charge on any atom is 0.345 e. The molecule has 0 fully saturated rings. The van der Waals surface area contributed by atoms with Gasteiger partial charge in [-0.2, -0.15) is 0 Å². The highest BCUT2D eigenvalue weighted by atomic mass is 35.5. The summed E-state index contributed by atoms with van der Waals surface area (Å²) in [5, 5.41) is 7.49. The Kier molecular flexibility index (Phi) is 3.44. The van der Waals surface area contributed by atoms with Crippen molar-refractivity contribution in [3.63, 3.8) is 0 Å². The summed E-state index contributed by atoms with van der Waals surface area (Å²) >= 11 is 11.5. The fourth-order valence-electron chi connectivity index (χ4n) is 1.86. The average Bonchev–Trinajstić information content (AvgIpc) is 2.88. The van der Waals surface area contributed by atoms with E-state index in [1.807, 2.05) is 0 Å². The van der Waals surface area contributed by atoms with E-state index in [0.29, 0.717) is 5.69 Å². The third-order valence-corrected chi connectivity index (χ3v) is 3.19. The van der Waals surface area contributed by atoms with Crippen molar-refractivity contribution in [2.75, 3.05) is 0 Å². The SMILES string of the molecule is O=c1nccc(-c2c(-n3cc(Cl)nn3)ccc(Cl)c2F)[nH]1. The van der Waals surface area contributed by atoms with E-state index < -0.39 is 11.5 Å². The van der Waals surface area contributed by atoms with Crippen molar-refractivity contribution >= 4 is 23.2 Å². The molecule has 0 aliphatic rings. The van der Waals surface area contributed by atoms with Gasteiger partial charge in [0.25, 0.3) is 0 Å². The molecule has 3 aromatic rings. The number of aromatic amines is 1. The number of benzene rings is 1. The number of rotatable bonds is 2. The van der Waals surface area contributed by atoms with E-state index in [2.05, 4.69) is 20.3 Å². The Hall–Kier alpha value is -2.25. The molecule has 0 amide bonds. The van der Waals surface area contributed by atoms with Gasteiger partial charge in [0.1, 0.15) is 0 Å². The molecule has 0 aliphatic heterocycles. The van der Waals surface area contributed by atoms with Crippen LogP contribution in [0, 0.1) is 5.82 Å². The molecule has 21 heavy (non-hydrogen) atoms. The number of H-pyrrole nitrogens is 1. The lowest BCUT2D eigenvalue weighted by molar-refractivity contribution is 0.628. The van der Waals surface area contributed by atoms with Crippen LogP contribution in [-0.4, -0.2) is 25.0 Å². The van der Waals surface area contributed by atoms with Crippen LogP contribution >= 0.6 is 23.2 Å². The van der Waals surface area contributed by atoms with Gasteiger partial charge in [-0.05, 0) is 18.2 Å². The zero-order valence-corrected chi connectivity index (χ0v) is 11.7. The molecule has 106 valence electrons. The number of hydrogen-bond donors (Lipinski definition) is 1. The first-order valence-corrected chi connectivity index (χ1v) is 6.44. The van der Waals surface area contributed by atoms with Gasteiger partial charge in [-0.25, -0.2) is 18.9 Å². The fourth-order valence-corrected chi connectivity index (χ4v) is 2.15. The van der Waals surface area contributed by atoms with Crippen molar-refractivity contribution < 1.29 is 4.39 Å². The Balaban J connectivity index is 2.31. The van der Waals surface area contributed by atoms with Crippen LogP contribution in [0.4, 0.5) is 4.39 Å². The van der Waals surface area contributed by atoms with E-state index in [9.17, 15) is 9.18 Å². The van der Waals surface area contributed by atoms with Crippen LogP contribution in [0.25, 0.3) is 16.9 Å². The molecule has 2 heterocycles. The van der Waals surface area contributed by atoms with Gasteiger partial charge in [0.05, 0.1) is 28.2 Å². The van der Waals surface area contributed by atoms with E-state index in [0.717, 1.165) is 0 Å². The molecule has 0 unspecified atom stereocenters. The maximum absolute atomic E-state index is 14.4. The predicted molar refractivity (Wildman–Crippen MR) is 75.2 cm³/mol. The van der Waals surface area contributed by atoms with Gasteiger partial charge in [0.15, 0.2) is 11.0 Å². The second-order valence-corrected chi connectivity index (χ2v) is 4.82. The molecule has 0 saturated heterocycles. The van der Waals surface area contributed by atoms with Crippen molar-refractivity contribution in [2.45, 2.75) is 0 Å². The number of nitrogens with one attached hydrogen (secondary N) is 1. The number of nitrogens with zero attached hydrogens (tertiary/aromatic N) is 4. The summed E-state index contributed by atoms with van der Waals surface area (Å²) in [5.41, 5.74) is 0.0211. The second kappa shape index (κ2) is 5.27. The molecular weight excluding hydrogens is 320 g/mol.